The number of pyridine rings is 1. The van der Waals surface area contributed by atoms with Crippen molar-refractivity contribution in [2.24, 2.45) is 0 Å². The molecule has 0 N–H and O–H groups in total. The SMILES string of the molecule is COc1ccc(CN(C(=O)COC(=O)/C=C/c2cccc3cccnc23)C2CC2)cc1. The molecule has 3 aromatic rings. The predicted octanol–water partition coefficient (Wildman–Crippen LogP) is 3.99. The largest absolute Gasteiger partial charge is 0.497 e. The van der Waals surface area contributed by atoms with E-state index >= 15 is 0 Å². The number of carbonyl (C=O) groups is 2. The lowest BCUT2D eigenvalue weighted by atomic mass is 10.1. The first-order valence-corrected chi connectivity index (χ1v) is 10.2. The molecule has 4 rings (SSSR count). The third kappa shape index (κ3) is 5.28. The normalized spacial score (nSPS) is 13.3. The van der Waals surface area contributed by atoms with Gasteiger partial charge >= 0.3 is 5.97 Å². The van der Waals surface area contributed by atoms with Crippen molar-refractivity contribution < 1.29 is 19.1 Å². The van der Waals surface area contributed by atoms with Crippen LogP contribution in [0.4, 0.5) is 0 Å². The first-order chi connectivity index (χ1) is 15.1. The summed E-state index contributed by atoms with van der Waals surface area (Å²) < 4.78 is 10.4. The zero-order chi connectivity index (χ0) is 21.6. The number of fused-ring (bicyclic) bond motifs is 1. The number of hydrogen-bond donors (Lipinski definition) is 0. The average molecular weight is 416 g/mol. The van der Waals surface area contributed by atoms with E-state index in [9.17, 15) is 9.59 Å². The van der Waals surface area contributed by atoms with E-state index in [0.717, 1.165) is 40.6 Å². The lowest BCUT2D eigenvalue weighted by molar-refractivity contribution is -0.148. The maximum atomic E-state index is 12.7. The van der Waals surface area contributed by atoms with Gasteiger partial charge in [-0.2, -0.15) is 0 Å². The van der Waals surface area contributed by atoms with E-state index in [-0.39, 0.29) is 18.6 Å². The van der Waals surface area contributed by atoms with E-state index in [0.29, 0.717) is 6.54 Å². The van der Waals surface area contributed by atoms with Crippen LogP contribution >= 0.6 is 0 Å². The molecular formula is C25H24N2O4. The Hall–Kier alpha value is -3.67. The fourth-order valence-corrected chi connectivity index (χ4v) is 3.42. The van der Waals surface area contributed by atoms with E-state index in [2.05, 4.69) is 4.98 Å². The fraction of sp³-hybridized carbons (Fsp3) is 0.240. The molecule has 1 aliphatic rings. The third-order valence-electron chi connectivity index (χ3n) is 5.22. The summed E-state index contributed by atoms with van der Waals surface area (Å²) in [5, 5.41) is 0.992. The molecule has 1 aliphatic carbocycles. The maximum Gasteiger partial charge on any atom is 0.331 e. The van der Waals surface area contributed by atoms with Crippen LogP contribution < -0.4 is 4.74 Å². The number of carbonyl (C=O) groups excluding carboxylic acids is 2. The van der Waals surface area contributed by atoms with Gasteiger partial charge in [-0.05, 0) is 42.7 Å². The second-order valence-corrected chi connectivity index (χ2v) is 7.46. The van der Waals surface area contributed by atoms with Crippen molar-refractivity contribution in [3.05, 3.63) is 78.0 Å². The Morgan fingerprint density at radius 2 is 1.87 bits per heavy atom. The van der Waals surface area contributed by atoms with E-state index < -0.39 is 5.97 Å². The van der Waals surface area contributed by atoms with Gasteiger partial charge < -0.3 is 14.4 Å². The van der Waals surface area contributed by atoms with Crippen molar-refractivity contribution in [3.8, 4) is 5.75 Å². The van der Waals surface area contributed by atoms with Crippen LogP contribution in [0.5, 0.6) is 5.75 Å². The van der Waals surface area contributed by atoms with Crippen molar-refractivity contribution in [2.75, 3.05) is 13.7 Å². The third-order valence-corrected chi connectivity index (χ3v) is 5.22. The quantitative estimate of drug-likeness (QED) is 0.410. The molecule has 1 saturated carbocycles. The Kier molecular flexibility index (Phi) is 6.26. The van der Waals surface area contributed by atoms with Crippen LogP contribution in [-0.2, 0) is 20.9 Å². The monoisotopic (exact) mass is 416 g/mol. The molecule has 158 valence electrons. The van der Waals surface area contributed by atoms with Gasteiger partial charge in [0, 0.05) is 35.8 Å². The standard InChI is InChI=1S/C25H24N2O4/c1-30-22-12-7-18(8-13-22)16-27(21-10-11-21)23(28)17-31-24(29)14-9-20-5-2-4-19-6-3-15-26-25(19)20/h2-9,12-15,21H,10-11,16-17H2,1H3/b14-9+. The topological polar surface area (TPSA) is 68.7 Å². The van der Waals surface area contributed by atoms with Gasteiger partial charge in [0.15, 0.2) is 6.61 Å². The number of esters is 1. The lowest BCUT2D eigenvalue weighted by Gasteiger charge is -2.22. The van der Waals surface area contributed by atoms with Crippen LogP contribution in [0.15, 0.2) is 66.9 Å². The van der Waals surface area contributed by atoms with Crippen molar-refractivity contribution in [1.29, 1.82) is 0 Å². The highest BCUT2D eigenvalue weighted by atomic mass is 16.5. The van der Waals surface area contributed by atoms with Crippen LogP contribution in [0.25, 0.3) is 17.0 Å². The van der Waals surface area contributed by atoms with Gasteiger partial charge in [0.25, 0.3) is 5.91 Å². The average Bonchev–Trinajstić information content (AvgIpc) is 3.65. The summed E-state index contributed by atoms with van der Waals surface area (Å²) in [6.45, 7) is 0.214. The molecule has 0 spiro atoms. The Labute approximate surface area is 181 Å². The minimum Gasteiger partial charge on any atom is -0.497 e. The zero-order valence-electron chi connectivity index (χ0n) is 17.4. The van der Waals surface area contributed by atoms with Crippen molar-refractivity contribution in [2.45, 2.75) is 25.4 Å². The summed E-state index contributed by atoms with van der Waals surface area (Å²) in [7, 11) is 1.62. The molecule has 1 heterocycles. The van der Waals surface area contributed by atoms with Crippen molar-refractivity contribution >= 4 is 28.9 Å². The molecule has 0 unspecified atom stereocenters. The number of aromatic nitrogens is 1. The van der Waals surface area contributed by atoms with Crippen LogP contribution in [0.3, 0.4) is 0 Å². The molecule has 0 aliphatic heterocycles. The number of rotatable bonds is 8. The van der Waals surface area contributed by atoms with Gasteiger partial charge in [-0.1, -0.05) is 36.4 Å². The molecule has 0 atom stereocenters. The molecule has 1 fully saturated rings. The highest BCUT2D eigenvalue weighted by Crippen LogP contribution is 2.29. The Morgan fingerprint density at radius 1 is 1.10 bits per heavy atom. The number of amides is 1. The number of benzene rings is 2. The summed E-state index contributed by atoms with van der Waals surface area (Å²) in [6, 6.07) is 17.4. The molecule has 0 bridgehead atoms. The van der Waals surface area contributed by atoms with Gasteiger partial charge in [0.1, 0.15) is 5.75 Å². The second-order valence-electron chi connectivity index (χ2n) is 7.46. The summed E-state index contributed by atoms with van der Waals surface area (Å²) in [5.41, 5.74) is 2.64. The molecule has 1 aromatic heterocycles. The van der Waals surface area contributed by atoms with E-state index in [1.807, 2.05) is 54.6 Å². The van der Waals surface area contributed by atoms with Gasteiger partial charge in [-0.25, -0.2) is 4.79 Å². The molecule has 0 saturated heterocycles. The van der Waals surface area contributed by atoms with Crippen LogP contribution in [0.2, 0.25) is 0 Å². The fourth-order valence-electron chi connectivity index (χ4n) is 3.42. The Balaban J connectivity index is 1.35. The van der Waals surface area contributed by atoms with E-state index in [1.54, 1.807) is 24.3 Å². The van der Waals surface area contributed by atoms with Crippen LogP contribution in [-0.4, -0.2) is 41.5 Å². The van der Waals surface area contributed by atoms with Crippen molar-refractivity contribution in [3.63, 3.8) is 0 Å². The molecule has 1 amide bonds. The summed E-state index contributed by atoms with van der Waals surface area (Å²) in [4.78, 5) is 31.0. The van der Waals surface area contributed by atoms with Gasteiger partial charge in [0.2, 0.25) is 0 Å². The number of methoxy groups -OCH3 is 1. The summed E-state index contributed by atoms with van der Waals surface area (Å²) >= 11 is 0. The van der Waals surface area contributed by atoms with Gasteiger partial charge in [-0.15, -0.1) is 0 Å². The first-order valence-electron chi connectivity index (χ1n) is 10.2. The summed E-state index contributed by atoms with van der Waals surface area (Å²) in [5.74, 6) is 0.0311. The predicted molar refractivity (Wildman–Crippen MR) is 118 cm³/mol. The first kappa shape index (κ1) is 20.6. The summed E-state index contributed by atoms with van der Waals surface area (Å²) in [6.07, 6.45) is 6.67. The second kappa shape index (κ2) is 9.43. The zero-order valence-corrected chi connectivity index (χ0v) is 17.4. The molecule has 0 radical (unpaired) electrons. The molecule has 31 heavy (non-hydrogen) atoms. The number of hydrogen-bond acceptors (Lipinski definition) is 5. The molecule has 6 nitrogen and oxygen atoms in total. The van der Waals surface area contributed by atoms with Gasteiger partial charge in [0.05, 0.1) is 12.6 Å². The lowest BCUT2D eigenvalue weighted by Crippen LogP contribution is -2.35. The number of para-hydroxylation sites is 1. The van der Waals surface area contributed by atoms with Crippen molar-refractivity contribution in [1.82, 2.24) is 9.88 Å². The van der Waals surface area contributed by atoms with Crippen LogP contribution in [0.1, 0.15) is 24.0 Å². The Morgan fingerprint density at radius 3 is 2.61 bits per heavy atom. The molecule has 2 aromatic carbocycles. The van der Waals surface area contributed by atoms with Crippen LogP contribution in [0, 0.1) is 0 Å². The highest BCUT2D eigenvalue weighted by molar-refractivity contribution is 5.93. The number of ether oxygens (including phenoxy) is 2. The maximum absolute atomic E-state index is 12.7. The minimum atomic E-state index is -0.554. The van der Waals surface area contributed by atoms with Gasteiger partial charge in [-0.3, -0.25) is 9.78 Å². The van der Waals surface area contributed by atoms with E-state index in [4.69, 9.17) is 9.47 Å². The Bertz CT molecular complexity index is 1100. The highest BCUT2D eigenvalue weighted by Gasteiger charge is 2.32. The van der Waals surface area contributed by atoms with E-state index in [1.165, 1.54) is 6.08 Å². The minimum absolute atomic E-state index is 0.188. The molecule has 6 heteroatoms. The molecular weight excluding hydrogens is 392 g/mol. The smallest absolute Gasteiger partial charge is 0.331 e. The number of nitrogens with zero attached hydrogens (tertiary/aromatic N) is 2.